The molecule has 216 valence electrons. The number of aliphatic hydroxyl groups is 1. The van der Waals surface area contributed by atoms with Crippen molar-refractivity contribution in [3.63, 3.8) is 0 Å². The maximum absolute atomic E-state index is 11.2. The Bertz CT molecular complexity index is 1570. The van der Waals surface area contributed by atoms with E-state index in [-0.39, 0.29) is 6.61 Å². The molecule has 1 fully saturated rings. The van der Waals surface area contributed by atoms with E-state index in [1.807, 2.05) is 83.4 Å². The van der Waals surface area contributed by atoms with Crippen molar-refractivity contribution in [2.75, 3.05) is 27.9 Å². The van der Waals surface area contributed by atoms with Crippen LogP contribution in [0.1, 0.15) is 29.3 Å². The van der Waals surface area contributed by atoms with Gasteiger partial charge in [-0.15, -0.1) is 0 Å². The Hall–Kier alpha value is -4.44. The van der Waals surface area contributed by atoms with Gasteiger partial charge >= 0.3 is 0 Å². The molecule has 42 heavy (non-hydrogen) atoms. The van der Waals surface area contributed by atoms with E-state index in [2.05, 4.69) is 9.97 Å². The maximum Gasteiger partial charge on any atom is 0.165 e. The number of pyridine rings is 1. The first-order valence-electron chi connectivity index (χ1n) is 13.7. The van der Waals surface area contributed by atoms with Crippen LogP contribution in [0.15, 0.2) is 97.5 Å². The summed E-state index contributed by atoms with van der Waals surface area (Å²) < 4.78 is 31.5. The highest BCUT2D eigenvalue weighted by Crippen LogP contribution is 2.43. The fourth-order valence-electron chi connectivity index (χ4n) is 5.60. The lowest BCUT2D eigenvalue weighted by Gasteiger charge is -2.37. The van der Waals surface area contributed by atoms with Crippen LogP contribution in [0.2, 0.25) is 0 Å². The van der Waals surface area contributed by atoms with Gasteiger partial charge in [-0.2, -0.15) is 0 Å². The minimum atomic E-state index is -1.02. The number of fused-ring (bicyclic) bond motifs is 1. The quantitative estimate of drug-likeness (QED) is 0.233. The number of aliphatic hydroxyl groups excluding tert-OH is 1. The summed E-state index contributed by atoms with van der Waals surface area (Å²) in [6.07, 6.45) is 1.87. The molecule has 3 heterocycles. The maximum atomic E-state index is 11.2. The first-order chi connectivity index (χ1) is 20.6. The molecule has 0 spiro atoms. The summed E-state index contributed by atoms with van der Waals surface area (Å²) >= 11 is 0. The topological polar surface area (TPSA) is 97.1 Å². The molecule has 1 saturated heterocycles. The second kappa shape index (κ2) is 11.8. The molecule has 1 N–H and O–H groups in total. The van der Waals surface area contributed by atoms with E-state index < -0.39 is 24.0 Å². The number of hydrogen-bond acceptors (Lipinski definition) is 8. The van der Waals surface area contributed by atoms with Crippen LogP contribution >= 0.6 is 0 Å². The van der Waals surface area contributed by atoms with Gasteiger partial charge in [-0.25, -0.2) is 9.97 Å². The third-order valence-electron chi connectivity index (χ3n) is 7.80. The van der Waals surface area contributed by atoms with Gasteiger partial charge in [0.1, 0.15) is 40.7 Å². The molecule has 6 rings (SSSR count). The number of benzene rings is 3. The molecule has 5 aromatic rings. The number of rotatable bonds is 10. The average molecular weight is 568 g/mol. The van der Waals surface area contributed by atoms with Crippen LogP contribution < -0.4 is 14.2 Å². The molecule has 0 saturated carbocycles. The summed E-state index contributed by atoms with van der Waals surface area (Å²) in [5.41, 5.74) is 2.99. The van der Waals surface area contributed by atoms with Crippen LogP contribution in [0.5, 0.6) is 17.2 Å². The van der Waals surface area contributed by atoms with Gasteiger partial charge in [-0.1, -0.05) is 54.6 Å². The smallest absolute Gasteiger partial charge is 0.165 e. The number of ether oxygens (including phenoxy) is 5. The molecule has 0 unspecified atom stereocenters. The predicted molar refractivity (Wildman–Crippen MR) is 157 cm³/mol. The summed E-state index contributed by atoms with van der Waals surface area (Å²) in [4.78, 5) is 8.96. The lowest BCUT2D eigenvalue weighted by Crippen LogP contribution is -2.38. The van der Waals surface area contributed by atoms with Gasteiger partial charge in [0.05, 0.1) is 40.4 Å². The lowest BCUT2D eigenvalue weighted by atomic mass is 9.80. The van der Waals surface area contributed by atoms with E-state index >= 15 is 0 Å². The predicted octanol–water partition coefficient (Wildman–Crippen LogP) is 5.11. The van der Waals surface area contributed by atoms with Crippen LogP contribution in [0, 0.1) is 0 Å². The Morgan fingerprint density at radius 1 is 0.810 bits per heavy atom. The Morgan fingerprint density at radius 2 is 1.43 bits per heavy atom. The second-order valence-electron chi connectivity index (χ2n) is 10.1. The SMILES string of the molecule is COc1ccc(C(OC[C@H]2O[C@@H](n3cnc4c(OC)ccnc43)C[C@@H]2O)(c2ccccc2)c2ccc(OC)cc2)cc1. The van der Waals surface area contributed by atoms with Gasteiger partial charge < -0.3 is 28.8 Å². The van der Waals surface area contributed by atoms with Gasteiger partial charge in [0, 0.05) is 18.7 Å². The molecule has 2 aromatic heterocycles. The second-order valence-corrected chi connectivity index (χ2v) is 10.1. The van der Waals surface area contributed by atoms with Crippen LogP contribution in [0.4, 0.5) is 0 Å². The first kappa shape index (κ1) is 27.7. The fourth-order valence-corrected chi connectivity index (χ4v) is 5.60. The third-order valence-corrected chi connectivity index (χ3v) is 7.80. The molecular weight excluding hydrogens is 534 g/mol. The monoisotopic (exact) mass is 567 g/mol. The van der Waals surface area contributed by atoms with Crippen molar-refractivity contribution < 1.29 is 28.8 Å². The van der Waals surface area contributed by atoms with Crippen molar-refractivity contribution in [2.24, 2.45) is 0 Å². The highest BCUT2D eigenvalue weighted by molar-refractivity contribution is 5.78. The molecule has 0 amide bonds. The van der Waals surface area contributed by atoms with E-state index in [0.29, 0.717) is 23.3 Å². The van der Waals surface area contributed by atoms with Gasteiger partial charge in [-0.3, -0.25) is 4.57 Å². The van der Waals surface area contributed by atoms with Crippen LogP contribution in [0.25, 0.3) is 11.2 Å². The normalized spacial score (nSPS) is 18.7. The Morgan fingerprint density at radius 3 is 2.02 bits per heavy atom. The van der Waals surface area contributed by atoms with E-state index in [4.69, 9.17) is 23.7 Å². The lowest BCUT2D eigenvalue weighted by molar-refractivity contribution is -0.0931. The Kier molecular flexibility index (Phi) is 7.80. The summed E-state index contributed by atoms with van der Waals surface area (Å²) in [5.74, 6) is 2.11. The highest BCUT2D eigenvalue weighted by Gasteiger charge is 2.42. The van der Waals surface area contributed by atoms with Crippen molar-refractivity contribution in [3.8, 4) is 17.2 Å². The summed E-state index contributed by atoms with van der Waals surface area (Å²) in [6, 6.07) is 27.5. The molecule has 1 aliphatic heterocycles. The molecule has 0 radical (unpaired) electrons. The largest absolute Gasteiger partial charge is 0.497 e. The van der Waals surface area contributed by atoms with Gasteiger partial charge in [0.15, 0.2) is 5.65 Å². The zero-order valence-corrected chi connectivity index (χ0v) is 23.7. The van der Waals surface area contributed by atoms with Crippen molar-refractivity contribution >= 4 is 11.2 Å². The fraction of sp³-hybridized carbons (Fsp3) is 0.273. The zero-order chi connectivity index (χ0) is 29.1. The number of nitrogens with zero attached hydrogens (tertiary/aromatic N) is 3. The van der Waals surface area contributed by atoms with Crippen LogP contribution in [-0.4, -0.2) is 59.8 Å². The van der Waals surface area contributed by atoms with Gasteiger partial charge in [-0.05, 0) is 41.0 Å². The zero-order valence-electron chi connectivity index (χ0n) is 23.7. The Labute approximate surface area is 244 Å². The van der Waals surface area contributed by atoms with Crippen molar-refractivity contribution in [1.82, 2.24) is 14.5 Å². The van der Waals surface area contributed by atoms with E-state index in [0.717, 1.165) is 28.2 Å². The number of hydrogen-bond donors (Lipinski definition) is 1. The standard InChI is InChI=1S/C33H33N3O6/c1-38-25-13-9-23(10-14-25)33(22-7-5-4-6-8-22,24-11-15-26(39-2)16-12-24)41-20-29-27(37)19-30(42-29)36-21-35-31-28(40-3)17-18-34-32(31)36/h4-18,21,27,29-30,37H,19-20H2,1-3H3/t27-,29+,30+/m0/s1. The molecule has 0 aliphatic carbocycles. The number of methoxy groups -OCH3 is 3. The van der Waals surface area contributed by atoms with Gasteiger partial charge in [0.2, 0.25) is 0 Å². The minimum Gasteiger partial charge on any atom is -0.497 e. The minimum absolute atomic E-state index is 0.119. The molecular formula is C33H33N3O6. The molecule has 1 aliphatic rings. The first-order valence-corrected chi connectivity index (χ1v) is 13.7. The van der Waals surface area contributed by atoms with Crippen LogP contribution in [-0.2, 0) is 15.1 Å². The summed E-state index contributed by atoms with van der Waals surface area (Å²) in [7, 11) is 4.88. The van der Waals surface area contributed by atoms with E-state index in [9.17, 15) is 5.11 Å². The molecule has 0 bridgehead atoms. The molecule has 9 nitrogen and oxygen atoms in total. The van der Waals surface area contributed by atoms with Crippen molar-refractivity contribution in [1.29, 1.82) is 0 Å². The molecule has 3 atom stereocenters. The summed E-state index contributed by atoms with van der Waals surface area (Å²) in [6.45, 7) is 0.119. The van der Waals surface area contributed by atoms with Gasteiger partial charge in [0.25, 0.3) is 0 Å². The van der Waals surface area contributed by atoms with Crippen molar-refractivity contribution in [3.05, 3.63) is 114 Å². The van der Waals surface area contributed by atoms with E-state index in [1.165, 1.54) is 0 Å². The highest BCUT2D eigenvalue weighted by atomic mass is 16.6. The van der Waals surface area contributed by atoms with E-state index in [1.54, 1.807) is 39.9 Å². The molecule has 3 aromatic carbocycles. The number of imidazole rings is 1. The van der Waals surface area contributed by atoms with Crippen LogP contribution in [0.3, 0.4) is 0 Å². The summed E-state index contributed by atoms with van der Waals surface area (Å²) in [5, 5.41) is 11.2. The average Bonchev–Trinajstić information content (AvgIpc) is 3.65. The third kappa shape index (κ3) is 4.96. The van der Waals surface area contributed by atoms with Crippen molar-refractivity contribution in [2.45, 2.75) is 30.5 Å². The Balaban J connectivity index is 1.36. The molecule has 9 heteroatoms. The number of aromatic nitrogens is 3.